The van der Waals surface area contributed by atoms with Gasteiger partial charge < -0.3 is 14.2 Å². The summed E-state index contributed by atoms with van der Waals surface area (Å²) >= 11 is 0. The molecule has 0 unspecified atom stereocenters. The van der Waals surface area contributed by atoms with E-state index in [9.17, 15) is 13.2 Å². The number of nitrogens with zero attached hydrogens (tertiary/aromatic N) is 2. The SMILES string of the molecule is CCCCN1CC[C@@H](c2cccn2C)[C@H](COc2ccc(C(F)(F)F)cc2)C1. The first-order chi connectivity index (χ1) is 13.4. The molecule has 1 saturated heterocycles. The smallest absolute Gasteiger partial charge is 0.416 e. The zero-order valence-electron chi connectivity index (χ0n) is 16.6. The molecule has 1 aliphatic heterocycles. The Kier molecular flexibility index (Phi) is 6.70. The van der Waals surface area contributed by atoms with Crippen molar-refractivity contribution in [1.82, 2.24) is 9.47 Å². The minimum Gasteiger partial charge on any atom is -0.493 e. The van der Waals surface area contributed by atoms with Crippen molar-refractivity contribution < 1.29 is 17.9 Å². The van der Waals surface area contributed by atoms with E-state index in [-0.39, 0.29) is 0 Å². The number of alkyl halides is 3. The van der Waals surface area contributed by atoms with Gasteiger partial charge in [0.05, 0.1) is 12.2 Å². The van der Waals surface area contributed by atoms with Gasteiger partial charge in [-0.2, -0.15) is 13.2 Å². The Labute approximate surface area is 165 Å². The number of hydrogen-bond acceptors (Lipinski definition) is 2. The number of hydrogen-bond donors (Lipinski definition) is 0. The molecule has 1 aromatic carbocycles. The Hall–Kier alpha value is -1.95. The number of benzene rings is 1. The fourth-order valence-corrected chi connectivity index (χ4v) is 4.05. The molecule has 6 heteroatoms. The molecule has 0 N–H and O–H groups in total. The highest BCUT2D eigenvalue weighted by molar-refractivity contribution is 5.29. The number of aromatic nitrogens is 1. The standard InChI is InChI=1S/C22H29F3N2O/c1-3-4-13-27-14-11-20(21-6-5-12-26(21)2)17(15-27)16-28-19-9-7-18(8-10-19)22(23,24)25/h5-10,12,17,20H,3-4,11,13-16H2,1-2H3/t17-,20+/m0/s1. The first-order valence-corrected chi connectivity index (χ1v) is 10.0. The normalized spacial score (nSPS) is 21.0. The first kappa shape index (κ1) is 20.8. The van der Waals surface area contributed by atoms with Crippen molar-refractivity contribution in [2.45, 2.75) is 38.3 Å². The molecule has 2 atom stereocenters. The quantitative estimate of drug-likeness (QED) is 0.632. The highest BCUT2D eigenvalue weighted by Gasteiger charge is 2.32. The van der Waals surface area contributed by atoms with Crippen molar-refractivity contribution >= 4 is 0 Å². The third-order valence-electron chi connectivity index (χ3n) is 5.66. The van der Waals surface area contributed by atoms with Gasteiger partial charge in [-0.25, -0.2) is 0 Å². The van der Waals surface area contributed by atoms with Gasteiger partial charge in [-0.3, -0.25) is 0 Å². The van der Waals surface area contributed by atoms with E-state index in [4.69, 9.17) is 4.74 Å². The molecule has 0 radical (unpaired) electrons. The van der Waals surface area contributed by atoms with Crippen molar-refractivity contribution in [3.8, 4) is 5.75 Å². The van der Waals surface area contributed by atoms with Crippen LogP contribution in [-0.4, -0.2) is 35.7 Å². The Morgan fingerprint density at radius 2 is 1.89 bits per heavy atom. The van der Waals surface area contributed by atoms with Crippen LogP contribution in [0.1, 0.15) is 43.4 Å². The second kappa shape index (κ2) is 9.03. The molecule has 2 heterocycles. The van der Waals surface area contributed by atoms with E-state index in [1.54, 1.807) is 0 Å². The highest BCUT2D eigenvalue weighted by Crippen LogP contribution is 2.34. The van der Waals surface area contributed by atoms with Crippen LogP contribution in [0.2, 0.25) is 0 Å². The Bertz CT molecular complexity index is 739. The van der Waals surface area contributed by atoms with Crippen LogP contribution in [0.25, 0.3) is 0 Å². The molecule has 0 bridgehead atoms. The summed E-state index contributed by atoms with van der Waals surface area (Å²) in [6, 6.07) is 9.22. The van der Waals surface area contributed by atoms with Gasteiger partial charge in [0.25, 0.3) is 0 Å². The maximum Gasteiger partial charge on any atom is 0.416 e. The van der Waals surface area contributed by atoms with Crippen LogP contribution in [0, 0.1) is 5.92 Å². The van der Waals surface area contributed by atoms with Crippen LogP contribution in [0.15, 0.2) is 42.6 Å². The van der Waals surface area contributed by atoms with E-state index >= 15 is 0 Å². The predicted molar refractivity (Wildman–Crippen MR) is 105 cm³/mol. The van der Waals surface area contributed by atoms with E-state index < -0.39 is 11.7 Å². The number of aryl methyl sites for hydroxylation is 1. The summed E-state index contributed by atoms with van der Waals surface area (Å²) in [5, 5.41) is 0. The highest BCUT2D eigenvalue weighted by atomic mass is 19.4. The van der Waals surface area contributed by atoms with E-state index in [0.717, 1.165) is 38.2 Å². The summed E-state index contributed by atoms with van der Waals surface area (Å²) in [4.78, 5) is 2.49. The molecule has 1 fully saturated rings. The average Bonchev–Trinajstić information content (AvgIpc) is 3.10. The molecule has 154 valence electrons. The molecule has 28 heavy (non-hydrogen) atoms. The van der Waals surface area contributed by atoms with Crippen LogP contribution in [0.4, 0.5) is 13.2 Å². The topological polar surface area (TPSA) is 17.4 Å². The second-order valence-electron chi connectivity index (χ2n) is 7.69. The summed E-state index contributed by atoms with van der Waals surface area (Å²) in [5.74, 6) is 1.19. The number of rotatable bonds is 7. The number of halogens is 3. The first-order valence-electron chi connectivity index (χ1n) is 10.0. The number of ether oxygens (including phenoxy) is 1. The maximum absolute atomic E-state index is 12.7. The number of piperidine rings is 1. The third-order valence-corrected chi connectivity index (χ3v) is 5.66. The minimum atomic E-state index is -4.32. The average molecular weight is 394 g/mol. The van der Waals surface area contributed by atoms with E-state index in [2.05, 4.69) is 41.8 Å². The van der Waals surface area contributed by atoms with E-state index in [1.807, 2.05) is 0 Å². The molecule has 0 spiro atoms. The zero-order valence-corrected chi connectivity index (χ0v) is 16.6. The van der Waals surface area contributed by atoms with Gasteiger partial charge in [-0.05, 0) is 62.3 Å². The molecule has 0 aliphatic carbocycles. The van der Waals surface area contributed by atoms with E-state index in [1.165, 1.54) is 30.7 Å². The van der Waals surface area contributed by atoms with Crippen molar-refractivity contribution in [2.24, 2.45) is 13.0 Å². The van der Waals surface area contributed by atoms with Crippen LogP contribution in [0.3, 0.4) is 0 Å². The van der Waals surface area contributed by atoms with Gasteiger partial charge in [0.1, 0.15) is 5.75 Å². The van der Waals surface area contributed by atoms with Crippen LogP contribution in [0.5, 0.6) is 5.75 Å². The molecule has 1 aromatic heterocycles. The molecule has 0 saturated carbocycles. The lowest BCUT2D eigenvalue weighted by Gasteiger charge is -2.38. The van der Waals surface area contributed by atoms with Gasteiger partial charge in [0, 0.05) is 37.3 Å². The lowest BCUT2D eigenvalue weighted by molar-refractivity contribution is -0.137. The summed E-state index contributed by atoms with van der Waals surface area (Å²) < 4.78 is 46.3. The Balaban J connectivity index is 1.68. The predicted octanol–water partition coefficient (Wildman–Crippen LogP) is 5.33. The molecular weight excluding hydrogens is 365 g/mol. The maximum atomic E-state index is 12.7. The van der Waals surface area contributed by atoms with Gasteiger partial charge in [0.2, 0.25) is 0 Å². The van der Waals surface area contributed by atoms with Crippen LogP contribution < -0.4 is 4.74 Å². The summed E-state index contributed by atoms with van der Waals surface area (Å²) in [7, 11) is 2.06. The number of likely N-dealkylation sites (tertiary alicyclic amines) is 1. The second-order valence-corrected chi connectivity index (χ2v) is 7.69. The van der Waals surface area contributed by atoms with Gasteiger partial charge in [-0.1, -0.05) is 13.3 Å². The van der Waals surface area contributed by atoms with Crippen molar-refractivity contribution in [3.05, 3.63) is 53.9 Å². The fourth-order valence-electron chi connectivity index (χ4n) is 4.05. The molecule has 3 rings (SSSR count). The summed E-state index contributed by atoms with van der Waals surface area (Å²) in [6.07, 6.45) is 1.17. The third kappa shape index (κ3) is 5.10. The summed E-state index contributed by atoms with van der Waals surface area (Å²) in [6.45, 7) is 5.82. The monoisotopic (exact) mass is 394 g/mol. The van der Waals surface area contributed by atoms with E-state index in [0.29, 0.717) is 24.2 Å². The molecule has 1 aliphatic rings. The Morgan fingerprint density at radius 3 is 2.50 bits per heavy atom. The largest absolute Gasteiger partial charge is 0.493 e. The fraction of sp³-hybridized carbons (Fsp3) is 0.545. The Morgan fingerprint density at radius 1 is 1.14 bits per heavy atom. The van der Waals surface area contributed by atoms with Crippen LogP contribution in [-0.2, 0) is 13.2 Å². The molecular formula is C22H29F3N2O. The van der Waals surface area contributed by atoms with Crippen molar-refractivity contribution in [1.29, 1.82) is 0 Å². The zero-order chi connectivity index (χ0) is 20.1. The van der Waals surface area contributed by atoms with Crippen LogP contribution >= 0.6 is 0 Å². The molecule has 2 aromatic rings. The van der Waals surface area contributed by atoms with Gasteiger partial charge >= 0.3 is 6.18 Å². The van der Waals surface area contributed by atoms with Gasteiger partial charge in [-0.15, -0.1) is 0 Å². The number of unbranched alkanes of at least 4 members (excludes halogenated alkanes) is 1. The molecule has 3 nitrogen and oxygen atoms in total. The van der Waals surface area contributed by atoms with Gasteiger partial charge in [0.15, 0.2) is 0 Å². The minimum absolute atomic E-state index is 0.307. The lowest BCUT2D eigenvalue weighted by atomic mass is 9.83. The lowest BCUT2D eigenvalue weighted by Crippen LogP contribution is -2.42. The van der Waals surface area contributed by atoms with Crippen molar-refractivity contribution in [3.63, 3.8) is 0 Å². The molecule has 0 amide bonds. The summed E-state index contributed by atoms with van der Waals surface area (Å²) in [5.41, 5.74) is 0.654. The van der Waals surface area contributed by atoms with Crippen molar-refractivity contribution in [2.75, 3.05) is 26.2 Å².